The standard InChI is InChI=1S/C23H28F2N4O4/c1-13-6-4-5-7-15(13)22(8-9-22)20-28-19(33-29-20)16(26)10-17(18(24)25)27-14-11-23(12-14,32-3)21(30)31-2/h4-7,10,14,17-18,27H,8-9,11-12,26H2,1-3H3/p+1/b16-10-. The first-order valence-electron chi connectivity index (χ1n) is 10.9. The fraction of sp³-hybridized carbons (Fsp3) is 0.522. The summed E-state index contributed by atoms with van der Waals surface area (Å²) in [6.07, 6.45) is 0.769. The van der Waals surface area contributed by atoms with Crippen molar-refractivity contribution in [3.8, 4) is 0 Å². The molecule has 2 aliphatic rings. The molecule has 0 radical (unpaired) electrons. The van der Waals surface area contributed by atoms with Crippen LogP contribution in [0, 0.1) is 6.92 Å². The Morgan fingerprint density at radius 2 is 2.03 bits per heavy atom. The number of nitrogens with two attached hydrogens (primary N) is 1. The molecule has 2 saturated carbocycles. The largest absolute Gasteiger partial charge is 0.467 e. The number of hydrogen-bond donors (Lipinski definition) is 2. The molecule has 0 saturated heterocycles. The quantitative estimate of drug-likeness (QED) is 0.548. The maximum atomic E-state index is 13.7. The number of ether oxygens (including phenoxy) is 2. The van der Waals surface area contributed by atoms with Crippen LogP contribution >= 0.6 is 0 Å². The fourth-order valence-electron chi connectivity index (χ4n) is 4.64. The minimum Gasteiger partial charge on any atom is -0.467 e. The minimum absolute atomic E-state index is 0.0254. The Morgan fingerprint density at radius 1 is 1.33 bits per heavy atom. The van der Waals surface area contributed by atoms with Crippen LogP contribution in [0.15, 0.2) is 34.9 Å². The number of benzene rings is 1. The molecule has 2 aromatic rings. The molecule has 1 aromatic carbocycles. The number of esters is 1. The van der Waals surface area contributed by atoms with Crippen molar-refractivity contribution in [3.05, 3.63) is 53.2 Å². The summed E-state index contributed by atoms with van der Waals surface area (Å²) in [6, 6.07) is 6.38. The molecule has 0 spiro atoms. The molecule has 8 nitrogen and oxygen atoms in total. The van der Waals surface area contributed by atoms with E-state index in [0.29, 0.717) is 5.82 Å². The van der Waals surface area contributed by atoms with Gasteiger partial charge in [-0.2, -0.15) is 0 Å². The maximum absolute atomic E-state index is 13.7. The van der Waals surface area contributed by atoms with Crippen LogP contribution in [0.3, 0.4) is 0 Å². The van der Waals surface area contributed by atoms with E-state index in [1.54, 1.807) is 0 Å². The van der Waals surface area contributed by atoms with Crippen molar-refractivity contribution in [2.75, 3.05) is 14.2 Å². The molecule has 0 bridgehead atoms. The molecule has 4 rings (SSSR count). The molecule has 1 unspecified atom stereocenters. The van der Waals surface area contributed by atoms with Crippen LogP contribution in [0.1, 0.15) is 48.5 Å². The van der Waals surface area contributed by atoms with Gasteiger partial charge in [0.2, 0.25) is 0 Å². The first-order chi connectivity index (χ1) is 15.7. The third-order valence-electron chi connectivity index (χ3n) is 6.75. The normalized spacial score (nSPS) is 24.9. The van der Waals surface area contributed by atoms with Gasteiger partial charge in [-0.1, -0.05) is 24.3 Å². The lowest BCUT2D eigenvalue weighted by atomic mass is 9.75. The summed E-state index contributed by atoms with van der Waals surface area (Å²) in [5.41, 5.74) is 7.06. The van der Waals surface area contributed by atoms with E-state index < -0.39 is 24.0 Å². The topological polar surface area (TPSA) is 114 Å². The predicted molar refractivity (Wildman–Crippen MR) is 114 cm³/mol. The van der Waals surface area contributed by atoms with Gasteiger partial charge in [-0.15, -0.1) is 0 Å². The lowest BCUT2D eigenvalue weighted by Gasteiger charge is -2.45. The van der Waals surface area contributed by atoms with Gasteiger partial charge in [0.1, 0.15) is 11.1 Å². The number of carbonyl (C=O) groups excluding carboxylic acids is 1. The summed E-state index contributed by atoms with van der Waals surface area (Å²) in [5.74, 6) is 0.247. The van der Waals surface area contributed by atoms with Crippen LogP contribution < -0.4 is 16.0 Å². The molecular weight excluding hydrogens is 434 g/mol. The zero-order valence-electron chi connectivity index (χ0n) is 18.9. The van der Waals surface area contributed by atoms with Crippen molar-refractivity contribution in [1.29, 1.82) is 0 Å². The highest BCUT2D eigenvalue weighted by molar-refractivity contribution is 5.81. The second-order valence-corrected chi connectivity index (χ2v) is 8.83. The average molecular weight is 464 g/mol. The van der Waals surface area contributed by atoms with Crippen LogP contribution in [0.2, 0.25) is 0 Å². The second-order valence-electron chi connectivity index (χ2n) is 8.83. The summed E-state index contributed by atoms with van der Waals surface area (Å²) in [7, 11) is 2.67. The second kappa shape index (κ2) is 8.83. The molecule has 0 amide bonds. The van der Waals surface area contributed by atoms with Gasteiger partial charge < -0.3 is 20.5 Å². The molecule has 0 aliphatic heterocycles. The van der Waals surface area contributed by atoms with Gasteiger partial charge in [0.25, 0.3) is 6.43 Å². The average Bonchev–Trinajstić information content (AvgIpc) is 3.42. The third kappa shape index (κ3) is 4.24. The Hall–Kier alpha value is -2.85. The smallest absolute Gasteiger partial charge is 0.361 e. The van der Waals surface area contributed by atoms with Crippen molar-refractivity contribution in [2.45, 2.75) is 62.1 Å². The highest BCUT2D eigenvalue weighted by Gasteiger charge is 2.56. The predicted octanol–water partition coefficient (Wildman–Crippen LogP) is 2.12. The van der Waals surface area contributed by atoms with Crippen molar-refractivity contribution in [1.82, 2.24) is 10.5 Å². The van der Waals surface area contributed by atoms with Crippen LogP contribution in [-0.4, -0.2) is 49.5 Å². The number of nitrogens with one attached hydrogen (secondary N) is 2. The van der Waals surface area contributed by atoms with Gasteiger partial charge >= 0.3 is 17.7 Å². The van der Waals surface area contributed by atoms with Gasteiger partial charge in [0.05, 0.1) is 13.2 Å². The van der Waals surface area contributed by atoms with E-state index in [-0.39, 0.29) is 35.9 Å². The van der Waals surface area contributed by atoms with E-state index in [1.165, 1.54) is 20.3 Å². The van der Waals surface area contributed by atoms with E-state index in [1.807, 2.05) is 25.1 Å². The van der Waals surface area contributed by atoms with Crippen molar-refractivity contribution >= 4 is 11.7 Å². The molecule has 2 aliphatic carbocycles. The highest BCUT2D eigenvalue weighted by atomic mass is 19.3. The monoisotopic (exact) mass is 463 g/mol. The minimum atomic E-state index is -2.72. The van der Waals surface area contributed by atoms with Crippen molar-refractivity contribution in [3.63, 3.8) is 0 Å². The summed E-state index contributed by atoms with van der Waals surface area (Å²) in [4.78, 5) is 15.0. The summed E-state index contributed by atoms with van der Waals surface area (Å²) >= 11 is 0. The summed E-state index contributed by atoms with van der Waals surface area (Å²) in [5, 5.41) is 7.00. The summed E-state index contributed by atoms with van der Waals surface area (Å²) < 4.78 is 42.8. The number of aromatic nitrogens is 2. The van der Waals surface area contributed by atoms with E-state index in [2.05, 4.69) is 21.5 Å². The van der Waals surface area contributed by atoms with E-state index in [0.717, 1.165) is 24.0 Å². The van der Waals surface area contributed by atoms with Crippen LogP contribution in [-0.2, 0) is 19.7 Å². The van der Waals surface area contributed by atoms with Gasteiger partial charge in [-0.05, 0) is 37.0 Å². The Labute approximate surface area is 190 Å². The van der Waals surface area contributed by atoms with Gasteiger partial charge in [0.15, 0.2) is 10.8 Å². The number of alkyl halides is 2. The van der Waals surface area contributed by atoms with Crippen LogP contribution in [0.5, 0.6) is 0 Å². The van der Waals surface area contributed by atoms with E-state index in [9.17, 15) is 13.6 Å². The van der Waals surface area contributed by atoms with Gasteiger partial charge in [-0.25, -0.2) is 23.1 Å². The lowest BCUT2D eigenvalue weighted by Crippen LogP contribution is -2.61. The molecule has 1 aromatic heterocycles. The Balaban J connectivity index is 1.47. The fourth-order valence-corrected chi connectivity index (χ4v) is 4.64. The number of aryl methyl sites for hydroxylation is 1. The lowest BCUT2D eigenvalue weighted by molar-refractivity contribution is -0.403. The van der Waals surface area contributed by atoms with Crippen molar-refractivity contribution < 1.29 is 32.6 Å². The third-order valence-corrected chi connectivity index (χ3v) is 6.75. The number of carbonyl (C=O) groups is 1. The van der Waals surface area contributed by atoms with E-state index in [4.69, 9.17) is 19.7 Å². The zero-order chi connectivity index (χ0) is 23.8. The Bertz CT molecular complexity index is 1040. The molecule has 1 atom stereocenters. The Morgan fingerprint density at radius 3 is 2.61 bits per heavy atom. The number of hydrogen-bond acceptors (Lipinski definition) is 7. The van der Waals surface area contributed by atoms with Crippen LogP contribution in [0.25, 0.3) is 5.70 Å². The first-order valence-corrected chi connectivity index (χ1v) is 10.9. The van der Waals surface area contributed by atoms with Crippen LogP contribution in [0.4, 0.5) is 8.78 Å². The molecule has 178 valence electrons. The Kier molecular flexibility index (Phi) is 6.24. The molecule has 33 heavy (non-hydrogen) atoms. The molecule has 2 fully saturated rings. The van der Waals surface area contributed by atoms with E-state index >= 15 is 0 Å². The number of methoxy groups -OCH3 is 2. The molecular formula is C23H29F2N4O4+. The van der Waals surface area contributed by atoms with Gasteiger partial charge in [0, 0.05) is 26.0 Å². The maximum Gasteiger partial charge on any atom is 0.361 e. The number of nitrogens with zero attached hydrogens (tertiary/aromatic N) is 1. The highest BCUT2D eigenvalue weighted by Crippen LogP contribution is 2.52. The van der Waals surface area contributed by atoms with Gasteiger partial charge in [-0.3, -0.25) is 0 Å². The molecule has 4 N–H and O–H groups in total. The first kappa shape index (κ1) is 23.3. The zero-order valence-corrected chi connectivity index (χ0v) is 18.9. The number of halogens is 2. The number of H-pyrrole nitrogens is 1. The number of rotatable bonds is 9. The van der Waals surface area contributed by atoms with Crippen molar-refractivity contribution in [2.24, 2.45) is 5.73 Å². The summed E-state index contributed by atoms with van der Waals surface area (Å²) in [6.45, 7) is 2.04. The molecule has 1 heterocycles. The molecule has 10 heteroatoms. The number of aromatic amines is 1. The SMILES string of the molecule is COC(=O)C1(OC)CC(NC(/C=C(\N)c2[nH+]c(C3(c4ccccc4C)CC3)no2)C(F)F)C1.